The van der Waals surface area contributed by atoms with E-state index in [4.69, 9.17) is 22.1 Å². The van der Waals surface area contributed by atoms with E-state index in [2.05, 4.69) is 29.1 Å². The number of carbonyl (C=O) groups is 1. The van der Waals surface area contributed by atoms with Crippen LogP contribution in [-0.4, -0.2) is 42.1 Å². The van der Waals surface area contributed by atoms with Crippen LogP contribution in [0.2, 0.25) is 5.02 Å². The second-order valence-corrected chi connectivity index (χ2v) is 7.62. The van der Waals surface area contributed by atoms with Gasteiger partial charge in [0, 0.05) is 24.2 Å². The van der Waals surface area contributed by atoms with E-state index in [0.29, 0.717) is 34.1 Å². The highest BCUT2D eigenvalue weighted by molar-refractivity contribution is 6.33. The molecule has 1 amide bonds. The molecule has 1 aromatic carbocycles. The Balaban J connectivity index is 1.77. The van der Waals surface area contributed by atoms with Crippen molar-refractivity contribution in [2.45, 2.75) is 63.8 Å². The Kier molecular flexibility index (Phi) is 5.64. The van der Waals surface area contributed by atoms with Gasteiger partial charge in [-0.3, -0.25) is 4.79 Å². The number of nitrogens with zero attached hydrogens (tertiary/aromatic N) is 1. The molecule has 4 atom stereocenters. The highest BCUT2D eigenvalue weighted by Gasteiger charge is 2.39. The fourth-order valence-corrected chi connectivity index (χ4v) is 4.22. The lowest BCUT2D eigenvalue weighted by molar-refractivity contribution is 0.0878. The minimum Gasteiger partial charge on any atom is -0.477 e. The predicted molar refractivity (Wildman–Crippen MR) is 104 cm³/mol. The molecule has 0 spiro atoms. The number of carbonyl (C=O) groups excluding carboxylic acids is 1. The molecule has 0 aromatic heterocycles. The average molecular weight is 376 g/mol. The largest absolute Gasteiger partial charge is 0.477 e. The van der Waals surface area contributed by atoms with E-state index >= 15 is 0 Å². The van der Waals surface area contributed by atoms with Gasteiger partial charge in [0.05, 0.1) is 16.3 Å². The van der Waals surface area contributed by atoms with Gasteiger partial charge in [-0.25, -0.2) is 0 Å². The Bertz CT molecular complexity index is 741. The van der Waals surface area contributed by atoms with Crippen molar-refractivity contribution in [3.63, 3.8) is 0 Å². The first-order valence-electron chi connectivity index (χ1n) is 9.09. The number of hydrogen-bond donors (Lipinski definition) is 2. The topological polar surface area (TPSA) is 67.6 Å². The van der Waals surface area contributed by atoms with Gasteiger partial charge in [0.15, 0.2) is 6.10 Å². The second kappa shape index (κ2) is 7.77. The molecular weight excluding hydrogens is 350 g/mol. The zero-order valence-corrected chi connectivity index (χ0v) is 16.3. The minimum absolute atomic E-state index is 0.174. The van der Waals surface area contributed by atoms with Gasteiger partial charge < -0.3 is 20.7 Å². The maximum Gasteiger partial charge on any atom is 0.255 e. The van der Waals surface area contributed by atoms with Crippen molar-refractivity contribution < 1.29 is 9.53 Å². The molecule has 2 unspecified atom stereocenters. The van der Waals surface area contributed by atoms with Gasteiger partial charge in [0.2, 0.25) is 0 Å². The third-order valence-corrected chi connectivity index (χ3v) is 5.76. The monoisotopic (exact) mass is 375 g/mol. The third kappa shape index (κ3) is 3.92. The number of nitrogens with two attached hydrogens (primary N) is 1. The van der Waals surface area contributed by atoms with Gasteiger partial charge in [-0.1, -0.05) is 17.5 Å². The zero-order chi connectivity index (χ0) is 18.8. The molecule has 3 N–H and O–H groups in total. The summed E-state index contributed by atoms with van der Waals surface area (Å²) < 4.78 is 5.82. The number of nitrogens with one attached hydrogen (secondary N) is 1. The average Bonchev–Trinajstić information content (AvgIpc) is 2.80. The van der Waals surface area contributed by atoms with Crippen LogP contribution in [0.4, 0.5) is 5.69 Å². The summed E-state index contributed by atoms with van der Waals surface area (Å²) in [7, 11) is 2.18. The Morgan fingerprint density at radius 2 is 2.04 bits per heavy atom. The summed E-state index contributed by atoms with van der Waals surface area (Å²) in [4.78, 5) is 15.4. The Morgan fingerprint density at radius 3 is 2.65 bits per heavy atom. The van der Waals surface area contributed by atoms with E-state index in [1.54, 1.807) is 19.1 Å². The lowest BCUT2D eigenvalue weighted by Gasteiger charge is -2.36. The summed E-state index contributed by atoms with van der Waals surface area (Å²) >= 11 is 6.15. The van der Waals surface area contributed by atoms with Crippen molar-refractivity contribution in [1.82, 2.24) is 10.2 Å². The minimum atomic E-state index is -0.341. The number of halogens is 1. The van der Waals surface area contributed by atoms with E-state index < -0.39 is 0 Å². The molecule has 140 valence electrons. The number of fused-ring (bicyclic) bond motifs is 2. The summed E-state index contributed by atoms with van der Waals surface area (Å²) in [5, 5.41) is 3.52. The molecule has 6 heteroatoms. The van der Waals surface area contributed by atoms with Crippen molar-refractivity contribution in [2.24, 2.45) is 0 Å². The molecule has 2 heterocycles. The first-order valence-corrected chi connectivity index (χ1v) is 9.47. The van der Waals surface area contributed by atoms with E-state index in [1.165, 1.54) is 12.8 Å². The van der Waals surface area contributed by atoms with Crippen molar-refractivity contribution in [1.29, 1.82) is 0 Å². The van der Waals surface area contributed by atoms with Gasteiger partial charge in [-0.15, -0.1) is 5.92 Å². The Hall–Kier alpha value is -1.90. The lowest BCUT2D eigenvalue weighted by atomic mass is 9.97. The second-order valence-electron chi connectivity index (χ2n) is 7.22. The first kappa shape index (κ1) is 18.9. The van der Waals surface area contributed by atoms with Crippen molar-refractivity contribution >= 4 is 23.2 Å². The summed E-state index contributed by atoms with van der Waals surface area (Å²) in [6.07, 6.45) is 4.04. The summed E-state index contributed by atoms with van der Waals surface area (Å²) in [5.74, 6) is 5.97. The van der Waals surface area contributed by atoms with Crippen LogP contribution in [0.25, 0.3) is 0 Å². The predicted octanol–water partition coefficient (Wildman–Crippen LogP) is 3.07. The molecule has 2 bridgehead atoms. The molecule has 3 rings (SSSR count). The highest BCUT2D eigenvalue weighted by Crippen LogP contribution is 2.35. The van der Waals surface area contributed by atoms with Crippen molar-refractivity contribution in [3.8, 4) is 17.6 Å². The van der Waals surface area contributed by atoms with Gasteiger partial charge in [0.25, 0.3) is 5.91 Å². The summed E-state index contributed by atoms with van der Waals surface area (Å²) in [5.41, 5.74) is 6.68. The number of rotatable bonds is 4. The van der Waals surface area contributed by atoms with E-state index in [0.717, 1.165) is 12.8 Å². The van der Waals surface area contributed by atoms with Crippen LogP contribution in [0, 0.1) is 11.8 Å². The quantitative estimate of drug-likeness (QED) is 0.627. The molecule has 2 aliphatic rings. The maximum absolute atomic E-state index is 12.9. The molecule has 1 aromatic rings. The third-order valence-electron chi connectivity index (χ3n) is 5.43. The van der Waals surface area contributed by atoms with E-state index in [-0.39, 0.29) is 18.1 Å². The normalized spacial score (nSPS) is 25.9. The fourth-order valence-electron chi connectivity index (χ4n) is 4.06. The number of anilines is 1. The molecule has 2 saturated heterocycles. The lowest BCUT2D eigenvalue weighted by Crippen LogP contribution is -2.48. The SMILES string of the molecule is CC#C[C@H](C)Oc1cc(N)c(Cl)cc1C(=O)NC1CC2CC[C@H](C1)N2C. The molecular formula is C20H26ClN3O2. The van der Waals surface area contributed by atoms with Crippen LogP contribution in [-0.2, 0) is 0 Å². The van der Waals surface area contributed by atoms with E-state index in [9.17, 15) is 4.79 Å². The number of ether oxygens (including phenoxy) is 1. The Morgan fingerprint density at radius 1 is 1.38 bits per heavy atom. The van der Waals surface area contributed by atoms with E-state index in [1.807, 2.05) is 6.92 Å². The maximum atomic E-state index is 12.9. The first-order chi connectivity index (χ1) is 12.4. The number of piperidine rings is 1. The van der Waals surface area contributed by atoms with Gasteiger partial charge in [0.1, 0.15) is 5.75 Å². The summed E-state index contributed by atoms with van der Waals surface area (Å²) in [6.45, 7) is 3.58. The van der Waals surface area contributed by atoms with Crippen LogP contribution < -0.4 is 15.8 Å². The van der Waals surface area contributed by atoms with Crippen LogP contribution >= 0.6 is 11.6 Å². The molecule has 2 aliphatic heterocycles. The standard InChI is InChI=1S/C20H26ClN3O2/c1-4-5-12(2)26-19-11-18(22)17(21)10-16(19)20(25)23-13-8-14-6-7-15(9-13)24(14)3/h10-15H,6-9,22H2,1-3H3,(H,23,25)/t12-,13?,14+,15?/m0/s1. The van der Waals surface area contributed by atoms with Crippen molar-refractivity contribution in [3.05, 3.63) is 22.7 Å². The van der Waals surface area contributed by atoms with Gasteiger partial charge in [-0.2, -0.15) is 0 Å². The molecule has 5 nitrogen and oxygen atoms in total. The van der Waals surface area contributed by atoms with Crippen molar-refractivity contribution in [2.75, 3.05) is 12.8 Å². The molecule has 0 aliphatic carbocycles. The van der Waals surface area contributed by atoms with Crippen LogP contribution in [0.5, 0.6) is 5.75 Å². The number of hydrogen-bond acceptors (Lipinski definition) is 4. The van der Waals surface area contributed by atoms with Crippen LogP contribution in [0.3, 0.4) is 0 Å². The van der Waals surface area contributed by atoms with Gasteiger partial charge in [-0.05, 0) is 52.6 Å². The smallest absolute Gasteiger partial charge is 0.255 e. The molecule has 26 heavy (non-hydrogen) atoms. The molecule has 0 radical (unpaired) electrons. The molecule has 2 fully saturated rings. The van der Waals surface area contributed by atoms with Crippen LogP contribution in [0.1, 0.15) is 49.9 Å². The Labute approximate surface area is 160 Å². The number of amides is 1. The fraction of sp³-hybridized carbons (Fsp3) is 0.550. The zero-order valence-electron chi connectivity index (χ0n) is 15.5. The highest BCUT2D eigenvalue weighted by atomic mass is 35.5. The molecule has 0 saturated carbocycles. The van der Waals surface area contributed by atoms with Gasteiger partial charge >= 0.3 is 0 Å². The number of nitrogen functional groups attached to an aromatic ring is 1. The van der Waals surface area contributed by atoms with Crippen LogP contribution in [0.15, 0.2) is 12.1 Å². The summed E-state index contributed by atoms with van der Waals surface area (Å²) in [6, 6.07) is 4.48. The number of benzene rings is 1.